The Labute approximate surface area is 127 Å². The number of hydrogen-bond acceptors (Lipinski definition) is 3. The molecule has 0 unspecified atom stereocenters. The maximum absolute atomic E-state index is 11.9. The van der Waals surface area contributed by atoms with E-state index in [1.165, 1.54) is 19.1 Å². The second-order valence-corrected chi connectivity index (χ2v) is 5.26. The number of anilines is 1. The van der Waals surface area contributed by atoms with Crippen LogP contribution in [0.4, 0.5) is 5.69 Å². The first-order valence-electron chi connectivity index (χ1n) is 5.91. The molecule has 0 radical (unpaired) electrons. The van der Waals surface area contributed by atoms with Crippen LogP contribution < -0.4 is 5.32 Å². The summed E-state index contributed by atoms with van der Waals surface area (Å²) in [5.41, 5.74) is 1.20. The zero-order valence-corrected chi connectivity index (χ0v) is 12.9. The molecule has 0 aliphatic rings. The monoisotopic (exact) mass is 315 g/mol. The Morgan fingerprint density at radius 2 is 1.95 bits per heavy atom. The molecule has 0 saturated carbocycles. The zero-order valence-electron chi connectivity index (χ0n) is 11.4. The smallest absolute Gasteiger partial charge is 0.331 e. The lowest BCUT2D eigenvalue weighted by Gasteiger charge is -2.13. The molecule has 0 fully saturated rings. The summed E-state index contributed by atoms with van der Waals surface area (Å²) in [7, 11) is 0. The van der Waals surface area contributed by atoms with Crippen molar-refractivity contribution < 1.29 is 14.3 Å². The lowest BCUT2D eigenvalue weighted by molar-refractivity contribution is -0.148. The number of carbonyl (C=O) groups is 2. The molecule has 108 valence electrons. The lowest BCUT2D eigenvalue weighted by atomic mass is 10.3. The van der Waals surface area contributed by atoms with Crippen molar-refractivity contribution in [1.29, 1.82) is 0 Å². The molecule has 6 heteroatoms. The Balaban J connectivity index is 2.66. The fraction of sp³-hybridized carbons (Fsp3) is 0.286. The Bertz CT molecular complexity index is 551. The molecular formula is C14H15Cl2NO3. The second-order valence-electron chi connectivity index (χ2n) is 4.41. The van der Waals surface area contributed by atoms with E-state index in [9.17, 15) is 9.59 Å². The van der Waals surface area contributed by atoms with E-state index in [0.29, 0.717) is 15.7 Å². The van der Waals surface area contributed by atoms with E-state index in [-0.39, 0.29) is 0 Å². The minimum atomic E-state index is -0.926. The summed E-state index contributed by atoms with van der Waals surface area (Å²) in [5, 5.41) is 3.35. The van der Waals surface area contributed by atoms with Crippen LogP contribution in [-0.2, 0) is 14.3 Å². The predicted molar refractivity (Wildman–Crippen MR) is 80.1 cm³/mol. The van der Waals surface area contributed by atoms with Gasteiger partial charge in [-0.3, -0.25) is 4.79 Å². The van der Waals surface area contributed by atoms with Crippen molar-refractivity contribution in [2.24, 2.45) is 0 Å². The maximum Gasteiger partial charge on any atom is 0.331 e. The topological polar surface area (TPSA) is 55.4 Å². The zero-order chi connectivity index (χ0) is 15.3. The van der Waals surface area contributed by atoms with E-state index in [1.807, 2.05) is 0 Å². The predicted octanol–water partition coefficient (Wildman–Crippen LogP) is 3.83. The van der Waals surface area contributed by atoms with Gasteiger partial charge in [0.05, 0.1) is 10.7 Å². The number of benzene rings is 1. The van der Waals surface area contributed by atoms with Gasteiger partial charge in [0.25, 0.3) is 5.91 Å². The molecule has 0 aromatic heterocycles. The van der Waals surface area contributed by atoms with Crippen molar-refractivity contribution in [3.63, 3.8) is 0 Å². The Hall–Kier alpha value is -1.52. The standard InChI is InChI=1S/C14H15Cl2NO3/c1-8(2)6-13(18)20-9(3)14(19)17-12-5-4-10(15)7-11(12)16/h4-7,9H,1-3H3,(H,17,19)/t9-/m0/s1. The molecule has 0 aliphatic carbocycles. The fourth-order valence-corrected chi connectivity index (χ4v) is 1.78. The molecule has 0 aliphatic heterocycles. The highest BCUT2D eigenvalue weighted by atomic mass is 35.5. The van der Waals surface area contributed by atoms with Crippen molar-refractivity contribution in [2.75, 3.05) is 5.32 Å². The van der Waals surface area contributed by atoms with Crippen LogP contribution in [0.3, 0.4) is 0 Å². The highest BCUT2D eigenvalue weighted by molar-refractivity contribution is 6.36. The quantitative estimate of drug-likeness (QED) is 0.678. The number of halogens is 2. The van der Waals surface area contributed by atoms with E-state index in [4.69, 9.17) is 27.9 Å². The third kappa shape index (κ3) is 5.23. The molecule has 1 aromatic carbocycles. The summed E-state index contributed by atoms with van der Waals surface area (Å²) in [5.74, 6) is -1.03. The summed E-state index contributed by atoms with van der Waals surface area (Å²) in [4.78, 5) is 23.3. The van der Waals surface area contributed by atoms with Gasteiger partial charge in [-0.1, -0.05) is 28.8 Å². The molecule has 0 heterocycles. The molecule has 1 rings (SSSR count). The van der Waals surface area contributed by atoms with Crippen LogP contribution >= 0.6 is 23.2 Å². The summed E-state index contributed by atoms with van der Waals surface area (Å²) in [6.45, 7) is 5.01. The number of allylic oxidation sites excluding steroid dienone is 1. The van der Waals surface area contributed by atoms with Crippen LogP contribution in [0, 0.1) is 0 Å². The Morgan fingerprint density at radius 1 is 1.30 bits per heavy atom. The molecular weight excluding hydrogens is 301 g/mol. The minimum absolute atomic E-state index is 0.314. The van der Waals surface area contributed by atoms with Gasteiger partial charge >= 0.3 is 5.97 Å². The molecule has 0 saturated heterocycles. The van der Waals surface area contributed by atoms with Crippen LogP contribution in [0.2, 0.25) is 10.0 Å². The van der Waals surface area contributed by atoms with Gasteiger partial charge in [0.2, 0.25) is 0 Å². The fourth-order valence-electron chi connectivity index (χ4n) is 1.32. The van der Waals surface area contributed by atoms with Crippen LogP contribution in [-0.4, -0.2) is 18.0 Å². The van der Waals surface area contributed by atoms with Crippen molar-refractivity contribution in [3.8, 4) is 0 Å². The van der Waals surface area contributed by atoms with Crippen LogP contribution in [0.1, 0.15) is 20.8 Å². The van der Waals surface area contributed by atoms with Crippen molar-refractivity contribution in [3.05, 3.63) is 39.9 Å². The van der Waals surface area contributed by atoms with Gasteiger partial charge in [-0.25, -0.2) is 4.79 Å². The number of carbonyl (C=O) groups excluding carboxylic acids is 2. The van der Waals surface area contributed by atoms with Gasteiger partial charge < -0.3 is 10.1 Å². The first-order valence-corrected chi connectivity index (χ1v) is 6.66. The van der Waals surface area contributed by atoms with E-state index < -0.39 is 18.0 Å². The summed E-state index contributed by atoms with van der Waals surface area (Å²) >= 11 is 11.7. The van der Waals surface area contributed by atoms with Gasteiger partial charge in [-0.2, -0.15) is 0 Å². The van der Waals surface area contributed by atoms with E-state index in [2.05, 4.69) is 5.32 Å². The number of ether oxygens (including phenoxy) is 1. The Morgan fingerprint density at radius 3 is 2.50 bits per heavy atom. The molecule has 1 aromatic rings. The highest BCUT2D eigenvalue weighted by Gasteiger charge is 2.17. The average molecular weight is 316 g/mol. The average Bonchev–Trinajstić information content (AvgIpc) is 2.31. The SMILES string of the molecule is CC(C)=CC(=O)O[C@@H](C)C(=O)Nc1ccc(Cl)cc1Cl. The minimum Gasteiger partial charge on any atom is -0.449 e. The van der Waals surface area contributed by atoms with Gasteiger partial charge in [0.1, 0.15) is 0 Å². The Kier molecular flexibility index (Phi) is 6.05. The number of hydrogen-bond donors (Lipinski definition) is 1. The number of amides is 1. The molecule has 0 spiro atoms. The normalized spacial score (nSPS) is 11.4. The van der Waals surface area contributed by atoms with Gasteiger partial charge in [0, 0.05) is 11.1 Å². The van der Waals surface area contributed by atoms with Gasteiger partial charge in [0.15, 0.2) is 6.10 Å². The lowest BCUT2D eigenvalue weighted by Crippen LogP contribution is -2.29. The van der Waals surface area contributed by atoms with E-state index in [0.717, 1.165) is 5.57 Å². The molecule has 1 atom stereocenters. The van der Waals surface area contributed by atoms with Gasteiger partial charge in [-0.15, -0.1) is 0 Å². The second kappa shape index (κ2) is 7.31. The third-order valence-electron chi connectivity index (χ3n) is 2.26. The molecule has 1 N–H and O–H groups in total. The number of esters is 1. The van der Waals surface area contributed by atoms with Crippen molar-refractivity contribution in [2.45, 2.75) is 26.9 Å². The van der Waals surface area contributed by atoms with E-state index >= 15 is 0 Å². The molecule has 4 nitrogen and oxygen atoms in total. The van der Waals surface area contributed by atoms with E-state index in [1.54, 1.807) is 26.0 Å². The number of rotatable bonds is 4. The van der Waals surface area contributed by atoms with Crippen molar-refractivity contribution in [1.82, 2.24) is 0 Å². The van der Waals surface area contributed by atoms with Crippen LogP contribution in [0.15, 0.2) is 29.8 Å². The third-order valence-corrected chi connectivity index (χ3v) is 2.81. The summed E-state index contributed by atoms with van der Waals surface area (Å²) in [6.07, 6.45) is 0.392. The van der Waals surface area contributed by atoms with Crippen molar-refractivity contribution >= 4 is 40.8 Å². The van der Waals surface area contributed by atoms with Crippen LogP contribution in [0.5, 0.6) is 0 Å². The summed E-state index contributed by atoms with van der Waals surface area (Å²) in [6, 6.07) is 4.69. The first-order chi connectivity index (χ1) is 9.29. The molecule has 0 bridgehead atoms. The summed E-state index contributed by atoms with van der Waals surface area (Å²) < 4.78 is 4.96. The first kappa shape index (κ1) is 16.5. The maximum atomic E-state index is 11.9. The largest absolute Gasteiger partial charge is 0.449 e. The van der Waals surface area contributed by atoms with Gasteiger partial charge in [-0.05, 0) is 39.0 Å². The van der Waals surface area contributed by atoms with Crippen LogP contribution in [0.25, 0.3) is 0 Å². The molecule has 1 amide bonds. The number of nitrogens with one attached hydrogen (secondary N) is 1. The molecule has 20 heavy (non-hydrogen) atoms. The highest BCUT2D eigenvalue weighted by Crippen LogP contribution is 2.25.